The molecule has 3 heterocycles. The molecule has 0 bridgehead atoms. The molecule has 7 nitrogen and oxygen atoms in total. The maximum absolute atomic E-state index is 15.6. The van der Waals surface area contributed by atoms with Gasteiger partial charge in [0.05, 0.1) is 10.6 Å². The van der Waals surface area contributed by atoms with E-state index in [4.69, 9.17) is 17.3 Å². The largest absolute Gasteiger partial charge is 0.398 e. The molecule has 2 aliphatic rings. The molecule has 1 amide bonds. The number of hydrogen-bond acceptors (Lipinski definition) is 5. The number of nitrogens with one attached hydrogen (secondary N) is 1. The van der Waals surface area contributed by atoms with Gasteiger partial charge in [-0.2, -0.15) is 0 Å². The molecular formula is C24H26ClFN6O. The minimum Gasteiger partial charge on any atom is -0.398 e. The molecule has 172 valence electrons. The highest BCUT2D eigenvalue weighted by atomic mass is 35.5. The van der Waals surface area contributed by atoms with Gasteiger partial charge in [-0.3, -0.25) is 4.79 Å². The van der Waals surface area contributed by atoms with E-state index in [-0.39, 0.29) is 22.2 Å². The fourth-order valence-electron chi connectivity index (χ4n) is 5.37. The first-order chi connectivity index (χ1) is 15.7. The number of pyridine rings is 1. The van der Waals surface area contributed by atoms with Gasteiger partial charge in [0.1, 0.15) is 17.5 Å². The fourth-order valence-corrected chi connectivity index (χ4v) is 5.81. The molecule has 5 rings (SSSR count). The second-order valence-corrected chi connectivity index (χ2v) is 9.59. The van der Waals surface area contributed by atoms with Crippen LogP contribution in [0.1, 0.15) is 47.1 Å². The second kappa shape index (κ2) is 7.73. The van der Waals surface area contributed by atoms with Crippen LogP contribution in [0.4, 0.5) is 15.9 Å². The highest BCUT2D eigenvalue weighted by molar-refractivity contribution is 6.34. The molecule has 3 N–H and O–H groups in total. The predicted octanol–water partition coefficient (Wildman–Crippen LogP) is 4.42. The molecule has 3 aromatic rings. The number of fused-ring (bicyclic) bond motifs is 2. The van der Waals surface area contributed by atoms with Crippen molar-refractivity contribution in [2.45, 2.75) is 37.6 Å². The van der Waals surface area contributed by atoms with Crippen LogP contribution in [0.15, 0.2) is 30.7 Å². The molecule has 2 aromatic heterocycles. The number of benzene rings is 1. The summed E-state index contributed by atoms with van der Waals surface area (Å²) < 4.78 is 17.8. The van der Waals surface area contributed by atoms with Crippen LogP contribution in [0, 0.1) is 12.7 Å². The topological polar surface area (TPSA) is 89.1 Å². The number of nitrogen functional groups attached to an aromatic ring is 1. The van der Waals surface area contributed by atoms with Gasteiger partial charge in [0.2, 0.25) is 0 Å². The van der Waals surface area contributed by atoms with Crippen molar-refractivity contribution in [3.05, 3.63) is 58.5 Å². The van der Waals surface area contributed by atoms with Crippen molar-refractivity contribution >= 4 is 29.0 Å². The summed E-state index contributed by atoms with van der Waals surface area (Å²) in [6.07, 6.45) is 8.24. The lowest BCUT2D eigenvalue weighted by Gasteiger charge is -2.26. The summed E-state index contributed by atoms with van der Waals surface area (Å²) in [5.41, 5.74) is 7.31. The number of nitrogens with two attached hydrogens (primary N) is 1. The lowest BCUT2D eigenvalue weighted by molar-refractivity contribution is 0.0824. The van der Waals surface area contributed by atoms with E-state index in [2.05, 4.69) is 19.9 Å². The molecule has 1 aliphatic heterocycles. The third-order valence-corrected chi connectivity index (χ3v) is 7.46. The van der Waals surface area contributed by atoms with Gasteiger partial charge >= 0.3 is 0 Å². The van der Waals surface area contributed by atoms with E-state index in [1.165, 1.54) is 4.90 Å². The van der Waals surface area contributed by atoms with E-state index in [1.807, 2.05) is 19.3 Å². The van der Waals surface area contributed by atoms with Gasteiger partial charge in [-0.1, -0.05) is 11.6 Å². The van der Waals surface area contributed by atoms with Crippen LogP contribution >= 0.6 is 11.6 Å². The number of anilines is 2. The molecule has 1 aromatic carbocycles. The third kappa shape index (κ3) is 3.27. The summed E-state index contributed by atoms with van der Waals surface area (Å²) in [6.45, 7) is 2.74. The van der Waals surface area contributed by atoms with Gasteiger partial charge in [0.25, 0.3) is 5.91 Å². The van der Waals surface area contributed by atoms with Crippen LogP contribution < -0.4 is 11.1 Å². The van der Waals surface area contributed by atoms with Crippen LogP contribution in [0.5, 0.6) is 0 Å². The standard InChI is InChI=1S/C24H26ClFN6O/c1-13-28-8-9-32(13)14-6-7-24(10-14)12-30-22-19(24)20(25)16(11-29-22)15-4-5-17(27)18(21(15)26)23(33)31(2)3/h4-5,8-9,11,14H,6-7,10,12,27H2,1-3H3,(H,29,30)/t14-,24-/m1/s1. The van der Waals surface area contributed by atoms with Crippen molar-refractivity contribution in [3.63, 3.8) is 0 Å². The summed E-state index contributed by atoms with van der Waals surface area (Å²) >= 11 is 6.98. The van der Waals surface area contributed by atoms with Gasteiger partial charge in [0.15, 0.2) is 0 Å². The summed E-state index contributed by atoms with van der Waals surface area (Å²) in [7, 11) is 3.12. The first-order valence-corrected chi connectivity index (χ1v) is 11.3. The molecule has 1 aliphatic carbocycles. The van der Waals surface area contributed by atoms with Crippen molar-refractivity contribution in [3.8, 4) is 11.1 Å². The molecule has 0 unspecified atom stereocenters. The quantitative estimate of drug-likeness (QED) is 0.555. The Kier molecular flexibility index (Phi) is 5.08. The Bertz CT molecular complexity index is 1270. The zero-order valence-corrected chi connectivity index (χ0v) is 19.6. The van der Waals surface area contributed by atoms with E-state index < -0.39 is 11.7 Å². The molecule has 0 saturated heterocycles. The average molecular weight is 469 g/mol. The van der Waals surface area contributed by atoms with Crippen LogP contribution in [0.2, 0.25) is 5.02 Å². The molecule has 2 atom stereocenters. The number of carbonyl (C=O) groups excluding carboxylic acids is 1. The first kappa shape index (κ1) is 21.7. The summed E-state index contributed by atoms with van der Waals surface area (Å²) in [5.74, 6) is 0.552. The van der Waals surface area contributed by atoms with Crippen molar-refractivity contribution < 1.29 is 9.18 Å². The zero-order chi connectivity index (χ0) is 23.5. The third-order valence-electron chi connectivity index (χ3n) is 7.06. The molecule has 0 radical (unpaired) electrons. The zero-order valence-electron chi connectivity index (χ0n) is 18.8. The summed E-state index contributed by atoms with van der Waals surface area (Å²) in [4.78, 5) is 22.8. The van der Waals surface area contributed by atoms with Crippen molar-refractivity contribution in [1.82, 2.24) is 19.4 Å². The van der Waals surface area contributed by atoms with Crippen LogP contribution in [-0.2, 0) is 5.41 Å². The van der Waals surface area contributed by atoms with E-state index in [0.29, 0.717) is 16.6 Å². The smallest absolute Gasteiger partial charge is 0.258 e. The normalized spacial score (nSPS) is 21.3. The first-order valence-electron chi connectivity index (χ1n) is 11.0. The summed E-state index contributed by atoms with van der Waals surface area (Å²) in [6, 6.07) is 3.42. The maximum atomic E-state index is 15.6. The number of halogens is 2. The molecule has 9 heteroatoms. The van der Waals surface area contributed by atoms with Crippen molar-refractivity contribution in [2.75, 3.05) is 31.7 Å². The minimum atomic E-state index is -0.685. The van der Waals surface area contributed by atoms with E-state index in [9.17, 15) is 4.79 Å². The van der Waals surface area contributed by atoms with E-state index in [0.717, 1.165) is 43.0 Å². The van der Waals surface area contributed by atoms with Gasteiger partial charge in [0, 0.05) is 73.1 Å². The number of amides is 1. The molecule has 1 saturated carbocycles. The van der Waals surface area contributed by atoms with Gasteiger partial charge in [-0.05, 0) is 38.3 Å². The molecule has 33 heavy (non-hydrogen) atoms. The van der Waals surface area contributed by atoms with Gasteiger partial charge < -0.3 is 20.5 Å². The molecular weight excluding hydrogens is 443 g/mol. The number of aromatic nitrogens is 3. The lowest BCUT2D eigenvalue weighted by atomic mass is 9.80. The molecule has 1 fully saturated rings. The predicted molar refractivity (Wildman–Crippen MR) is 127 cm³/mol. The van der Waals surface area contributed by atoms with Crippen LogP contribution in [0.3, 0.4) is 0 Å². The lowest BCUT2D eigenvalue weighted by Crippen LogP contribution is -2.26. The van der Waals surface area contributed by atoms with Gasteiger partial charge in [-0.15, -0.1) is 0 Å². The monoisotopic (exact) mass is 468 g/mol. The maximum Gasteiger partial charge on any atom is 0.258 e. The minimum absolute atomic E-state index is 0.0904. The number of aryl methyl sites for hydroxylation is 1. The Hall–Kier alpha value is -3.13. The Morgan fingerprint density at radius 3 is 2.82 bits per heavy atom. The van der Waals surface area contributed by atoms with E-state index in [1.54, 1.807) is 32.4 Å². The number of imidazole rings is 1. The molecule has 1 spiro atoms. The Labute approximate surface area is 196 Å². The van der Waals surface area contributed by atoms with Crippen molar-refractivity contribution in [2.24, 2.45) is 0 Å². The van der Waals surface area contributed by atoms with Gasteiger partial charge in [-0.25, -0.2) is 14.4 Å². The number of hydrogen-bond donors (Lipinski definition) is 2. The Balaban J connectivity index is 1.59. The number of carbonyl (C=O) groups is 1. The van der Waals surface area contributed by atoms with Crippen molar-refractivity contribution in [1.29, 1.82) is 0 Å². The fraction of sp³-hybridized carbons (Fsp3) is 0.375. The number of nitrogens with zero attached hydrogens (tertiary/aromatic N) is 4. The number of rotatable bonds is 3. The second-order valence-electron chi connectivity index (χ2n) is 9.21. The highest BCUT2D eigenvalue weighted by Gasteiger charge is 2.48. The van der Waals surface area contributed by atoms with Crippen LogP contribution in [0.25, 0.3) is 11.1 Å². The average Bonchev–Trinajstić information content (AvgIpc) is 3.48. The summed E-state index contributed by atoms with van der Waals surface area (Å²) in [5, 5.41) is 3.88. The van der Waals surface area contributed by atoms with E-state index >= 15 is 4.39 Å². The SMILES string of the molecule is Cc1nccn1[C@@H]1CC[C@]2(CNc3ncc(-c4ccc(N)c(C(=O)N(C)C)c4F)c(Cl)c32)C1. The highest BCUT2D eigenvalue weighted by Crippen LogP contribution is 2.54. The van der Waals surface area contributed by atoms with Crippen LogP contribution in [-0.4, -0.2) is 46.0 Å². The Morgan fingerprint density at radius 2 is 2.12 bits per heavy atom. The Morgan fingerprint density at radius 1 is 1.33 bits per heavy atom.